The predicted molar refractivity (Wildman–Crippen MR) is 120 cm³/mol. The Labute approximate surface area is 180 Å². The van der Waals surface area contributed by atoms with Crippen LogP contribution in [0, 0.1) is 0 Å². The van der Waals surface area contributed by atoms with E-state index in [1.807, 2.05) is 13.0 Å². The second kappa shape index (κ2) is 11.9. The van der Waals surface area contributed by atoms with Crippen LogP contribution in [0.2, 0.25) is 0 Å². The van der Waals surface area contributed by atoms with Gasteiger partial charge in [-0.15, -0.1) is 0 Å². The Hall–Kier alpha value is -2.12. The monoisotopic (exact) mass is 416 g/mol. The summed E-state index contributed by atoms with van der Waals surface area (Å²) in [6.45, 7) is 8.09. The number of ether oxygens (including phenoxy) is 1. The maximum absolute atomic E-state index is 11.3. The van der Waals surface area contributed by atoms with Crippen LogP contribution in [0.3, 0.4) is 0 Å². The van der Waals surface area contributed by atoms with Crippen LogP contribution in [-0.2, 0) is 4.74 Å². The lowest BCUT2D eigenvalue weighted by atomic mass is 9.94. The first-order valence-electron chi connectivity index (χ1n) is 11.4. The van der Waals surface area contributed by atoms with Gasteiger partial charge in [0.05, 0.1) is 5.56 Å². The number of carbonyl (C=O) groups is 1. The summed E-state index contributed by atoms with van der Waals surface area (Å²) in [6.07, 6.45) is 7.64. The smallest absolute Gasteiger partial charge is 0.335 e. The number of carboxylic acids is 1. The molecule has 1 aromatic carbocycles. The summed E-state index contributed by atoms with van der Waals surface area (Å²) in [4.78, 5) is 21.1. The lowest BCUT2D eigenvalue weighted by molar-refractivity contribution is 0.0697. The van der Waals surface area contributed by atoms with Crippen molar-refractivity contribution in [3.05, 3.63) is 29.8 Å². The van der Waals surface area contributed by atoms with Gasteiger partial charge in [-0.25, -0.2) is 4.79 Å². The normalized spacial score (nSPS) is 19.1. The average Bonchev–Trinajstić information content (AvgIpc) is 2.79. The van der Waals surface area contributed by atoms with E-state index in [4.69, 9.17) is 9.73 Å². The number of piperazine rings is 1. The van der Waals surface area contributed by atoms with Crippen molar-refractivity contribution in [2.75, 3.05) is 51.3 Å². The molecule has 2 N–H and O–H groups in total. The minimum absolute atomic E-state index is 0.276. The zero-order valence-electron chi connectivity index (χ0n) is 18.2. The first kappa shape index (κ1) is 22.6. The molecule has 2 fully saturated rings. The van der Waals surface area contributed by atoms with E-state index in [1.54, 1.807) is 18.2 Å². The van der Waals surface area contributed by atoms with Gasteiger partial charge in [0.25, 0.3) is 0 Å². The Bertz CT molecular complexity index is 695. The summed E-state index contributed by atoms with van der Waals surface area (Å²) in [5.41, 5.74) is 1.03. The van der Waals surface area contributed by atoms with E-state index in [-0.39, 0.29) is 5.56 Å². The van der Waals surface area contributed by atoms with Crippen molar-refractivity contribution in [1.82, 2.24) is 9.80 Å². The van der Waals surface area contributed by atoms with Crippen LogP contribution in [-0.4, -0.2) is 78.8 Å². The number of hydrogen-bond acceptors (Lipinski definition) is 4. The summed E-state index contributed by atoms with van der Waals surface area (Å²) in [7, 11) is 0. The van der Waals surface area contributed by atoms with Crippen molar-refractivity contribution in [2.24, 2.45) is 4.99 Å². The Morgan fingerprint density at radius 2 is 1.97 bits per heavy atom. The molecule has 0 atom stereocenters. The third-order valence-corrected chi connectivity index (χ3v) is 5.98. The SMILES string of the molecule is CCOCCCN=C(Nc1cccc(C(=O)O)c1)N1CCN(C2CCCCC2)CC1. The number of nitrogens with zero attached hydrogens (tertiary/aromatic N) is 3. The summed E-state index contributed by atoms with van der Waals surface area (Å²) >= 11 is 0. The number of aliphatic imine (C=N–C) groups is 1. The van der Waals surface area contributed by atoms with Crippen LogP contribution in [0.25, 0.3) is 0 Å². The number of hydrogen-bond donors (Lipinski definition) is 2. The number of benzene rings is 1. The molecule has 1 aliphatic heterocycles. The van der Waals surface area contributed by atoms with Crippen LogP contribution in [0.15, 0.2) is 29.3 Å². The van der Waals surface area contributed by atoms with Crippen molar-refractivity contribution in [1.29, 1.82) is 0 Å². The number of anilines is 1. The highest BCUT2D eigenvalue weighted by Crippen LogP contribution is 2.23. The Kier molecular flexibility index (Phi) is 8.96. The fourth-order valence-corrected chi connectivity index (χ4v) is 4.32. The molecular formula is C23H36N4O3. The van der Waals surface area contributed by atoms with Crippen LogP contribution < -0.4 is 5.32 Å². The van der Waals surface area contributed by atoms with Crippen molar-refractivity contribution in [3.8, 4) is 0 Å². The lowest BCUT2D eigenvalue weighted by Crippen LogP contribution is -2.53. The average molecular weight is 417 g/mol. The highest BCUT2D eigenvalue weighted by molar-refractivity contribution is 5.95. The van der Waals surface area contributed by atoms with Gasteiger partial charge in [-0.2, -0.15) is 0 Å². The number of guanidine groups is 1. The zero-order chi connectivity index (χ0) is 21.2. The first-order valence-corrected chi connectivity index (χ1v) is 11.4. The molecule has 0 amide bonds. The molecule has 1 saturated carbocycles. The highest BCUT2D eigenvalue weighted by atomic mass is 16.5. The number of nitrogens with one attached hydrogen (secondary N) is 1. The molecule has 3 rings (SSSR count). The quantitative estimate of drug-likeness (QED) is 0.384. The second-order valence-corrected chi connectivity index (χ2v) is 8.08. The van der Waals surface area contributed by atoms with Crippen LogP contribution in [0.4, 0.5) is 5.69 Å². The molecule has 2 aliphatic rings. The minimum atomic E-state index is -0.921. The molecule has 1 aromatic rings. The van der Waals surface area contributed by atoms with Gasteiger partial charge in [-0.3, -0.25) is 9.89 Å². The number of carboxylic acid groups (broad SMARTS) is 1. The van der Waals surface area contributed by atoms with Crippen LogP contribution in [0.5, 0.6) is 0 Å². The molecule has 166 valence electrons. The van der Waals surface area contributed by atoms with E-state index in [1.165, 1.54) is 32.1 Å². The lowest BCUT2D eigenvalue weighted by Gasteiger charge is -2.41. The van der Waals surface area contributed by atoms with E-state index in [9.17, 15) is 9.90 Å². The third kappa shape index (κ3) is 6.71. The van der Waals surface area contributed by atoms with E-state index < -0.39 is 5.97 Å². The van der Waals surface area contributed by atoms with Gasteiger partial charge < -0.3 is 20.1 Å². The molecule has 1 heterocycles. The Morgan fingerprint density at radius 3 is 2.67 bits per heavy atom. The van der Waals surface area contributed by atoms with E-state index in [0.29, 0.717) is 13.2 Å². The summed E-state index contributed by atoms with van der Waals surface area (Å²) < 4.78 is 5.43. The summed E-state index contributed by atoms with van der Waals surface area (Å²) in [5, 5.41) is 12.7. The first-order chi connectivity index (χ1) is 14.7. The highest BCUT2D eigenvalue weighted by Gasteiger charge is 2.26. The molecular weight excluding hydrogens is 380 g/mol. The Morgan fingerprint density at radius 1 is 1.20 bits per heavy atom. The second-order valence-electron chi connectivity index (χ2n) is 8.08. The van der Waals surface area contributed by atoms with Crippen molar-refractivity contribution in [3.63, 3.8) is 0 Å². The van der Waals surface area contributed by atoms with E-state index >= 15 is 0 Å². The molecule has 1 aliphatic carbocycles. The zero-order valence-corrected chi connectivity index (χ0v) is 18.2. The molecule has 0 bridgehead atoms. The van der Waals surface area contributed by atoms with Crippen molar-refractivity contribution < 1.29 is 14.6 Å². The Balaban J connectivity index is 1.63. The maximum atomic E-state index is 11.3. The van der Waals surface area contributed by atoms with E-state index in [0.717, 1.165) is 56.9 Å². The molecule has 0 spiro atoms. The molecule has 7 heteroatoms. The fourth-order valence-electron chi connectivity index (χ4n) is 4.32. The molecule has 0 radical (unpaired) electrons. The van der Waals surface area contributed by atoms with Gasteiger partial charge in [0.1, 0.15) is 0 Å². The molecule has 1 saturated heterocycles. The van der Waals surface area contributed by atoms with Crippen LogP contribution >= 0.6 is 0 Å². The predicted octanol–water partition coefficient (Wildman–Crippen LogP) is 3.53. The van der Waals surface area contributed by atoms with Gasteiger partial charge >= 0.3 is 5.97 Å². The maximum Gasteiger partial charge on any atom is 0.335 e. The van der Waals surface area contributed by atoms with Gasteiger partial charge in [-0.05, 0) is 44.4 Å². The fraction of sp³-hybridized carbons (Fsp3) is 0.652. The third-order valence-electron chi connectivity index (χ3n) is 5.98. The van der Waals surface area contributed by atoms with Crippen molar-refractivity contribution in [2.45, 2.75) is 51.5 Å². The molecule has 7 nitrogen and oxygen atoms in total. The van der Waals surface area contributed by atoms with Crippen LogP contribution in [0.1, 0.15) is 55.8 Å². The standard InChI is InChI=1S/C23H36N4O3/c1-2-30-17-7-12-24-23(25-20-9-6-8-19(18-20)22(28)29)27-15-13-26(14-16-27)21-10-4-3-5-11-21/h6,8-9,18,21H,2-5,7,10-17H2,1H3,(H,24,25)(H,28,29). The van der Waals surface area contributed by atoms with Gasteiger partial charge in [0, 0.05) is 57.7 Å². The molecule has 30 heavy (non-hydrogen) atoms. The minimum Gasteiger partial charge on any atom is -0.478 e. The topological polar surface area (TPSA) is 77.4 Å². The summed E-state index contributed by atoms with van der Waals surface area (Å²) in [6, 6.07) is 7.67. The van der Waals surface area contributed by atoms with E-state index in [2.05, 4.69) is 15.1 Å². The number of aromatic carboxylic acids is 1. The van der Waals surface area contributed by atoms with Gasteiger partial charge in [-0.1, -0.05) is 25.3 Å². The van der Waals surface area contributed by atoms with Gasteiger partial charge in [0.2, 0.25) is 0 Å². The van der Waals surface area contributed by atoms with Gasteiger partial charge in [0.15, 0.2) is 5.96 Å². The summed E-state index contributed by atoms with van der Waals surface area (Å²) in [5.74, 6) is -0.0905. The molecule has 0 unspecified atom stereocenters. The number of rotatable bonds is 8. The van der Waals surface area contributed by atoms with Crippen molar-refractivity contribution >= 4 is 17.6 Å². The largest absolute Gasteiger partial charge is 0.478 e. The molecule has 0 aromatic heterocycles.